The van der Waals surface area contributed by atoms with Crippen LogP contribution in [-0.4, -0.2) is 11.7 Å². The molecule has 0 saturated carbocycles. The lowest BCUT2D eigenvalue weighted by Gasteiger charge is -2.12. The molecule has 13 heavy (non-hydrogen) atoms. The number of hydrogen-bond donors (Lipinski definition) is 2. The number of aliphatic hydroxyl groups is 1. The van der Waals surface area contributed by atoms with Gasteiger partial charge in [-0.3, -0.25) is 0 Å². The van der Waals surface area contributed by atoms with E-state index in [-0.39, 0.29) is 12.6 Å². The summed E-state index contributed by atoms with van der Waals surface area (Å²) in [6.07, 6.45) is 0.529. The van der Waals surface area contributed by atoms with E-state index < -0.39 is 0 Å². The summed E-state index contributed by atoms with van der Waals surface area (Å²) in [6, 6.07) is 5.37. The molecule has 0 bridgehead atoms. The van der Waals surface area contributed by atoms with Crippen molar-refractivity contribution in [2.75, 3.05) is 6.61 Å². The second kappa shape index (κ2) is 4.96. The Kier molecular flexibility index (Phi) is 4.19. The van der Waals surface area contributed by atoms with Crippen molar-refractivity contribution in [3.8, 4) is 0 Å². The van der Waals surface area contributed by atoms with Crippen molar-refractivity contribution in [3.05, 3.63) is 33.3 Å². The summed E-state index contributed by atoms with van der Waals surface area (Å²) in [7, 11) is 0. The first-order valence-electron chi connectivity index (χ1n) is 3.96. The predicted octanol–water partition coefficient (Wildman–Crippen LogP) is 2.48. The molecule has 0 spiro atoms. The quantitative estimate of drug-likeness (QED) is 0.881. The van der Waals surface area contributed by atoms with Gasteiger partial charge in [0.25, 0.3) is 0 Å². The van der Waals surface area contributed by atoms with Crippen LogP contribution >= 0.6 is 27.5 Å². The molecule has 1 atom stereocenters. The first-order chi connectivity index (χ1) is 6.15. The van der Waals surface area contributed by atoms with Crippen LogP contribution < -0.4 is 5.73 Å². The summed E-state index contributed by atoms with van der Waals surface area (Å²) in [5, 5.41) is 9.35. The lowest BCUT2D eigenvalue weighted by Crippen LogP contribution is -2.12. The third-order valence-corrected chi connectivity index (χ3v) is 2.62. The Hall–Kier alpha value is -0.0900. The molecular formula is C9H11BrClNO. The molecule has 0 fully saturated rings. The van der Waals surface area contributed by atoms with Crippen molar-refractivity contribution >= 4 is 27.5 Å². The standard InChI is InChI=1S/C9H11BrClNO/c10-6-1-2-7(8(11)5-6)9(12)3-4-13/h1-2,5,9,13H,3-4,12H2/t9-/m1/s1. The van der Waals surface area contributed by atoms with Crippen molar-refractivity contribution in [1.29, 1.82) is 0 Å². The maximum absolute atomic E-state index is 8.71. The number of aliphatic hydroxyl groups excluding tert-OH is 1. The maximum Gasteiger partial charge on any atom is 0.0464 e. The summed E-state index contributed by atoms with van der Waals surface area (Å²) in [5.74, 6) is 0. The topological polar surface area (TPSA) is 46.2 Å². The van der Waals surface area contributed by atoms with Crippen LogP contribution in [0.15, 0.2) is 22.7 Å². The van der Waals surface area contributed by atoms with Gasteiger partial charge >= 0.3 is 0 Å². The molecule has 0 radical (unpaired) electrons. The van der Waals surface area contributed by atoms with Crippen molar-refractivity contribution in [3.63, 3.8) is 0 Å². The van der Waals surface area contributed by atoms with E-state index in [1.807, 2.05) is 12.1 Å². The number of halogens is 2. The lowest BCUT2D eigenvalue weighted by atomic mass is 10.1. The molecule has 4 heteroatoms. The maximum atomic E-state index is 8.71. The van der Waals surface area contributed by atoms with E-state index in [4.69, 9.17) is 22.4 Å². The van der Waals surface area contributed by atoms with Crippen LogP contribution in [0.1, 0.15) is 18.0 Å². The van der Waals surface area contributed by atoms with Gasteiger partial charge in [-0.05, 0) is 24.1 Å². The third-order valence-electron chi connectivity index (χ3n) is 1.80. The average Bonchev–Trinajstić information content (AvgIpc) is 2.04. The predicted molar refractivity (Wildman–Crippen MR) is 57.8 cm³/mol. The molecule has 0 aromatic heterocycles. The van der Waals surface area contributed by atoms with Gasteiger partial charge in [0.15, 0.2) is 0 Å². The van der Waals surface area contributed by atoms with E-state index in [0.717, 1.165) is 10.0 Å². The van der Waals surface area contributed by atoms with Gasteiger partial charge in [0.1, 0.15) is 0 Å². The molecule has 1 aromatic carbocycles. The third kappa shape index (κ3) is 2.95. The summed E-state index contributed by atoms with van der Waals surface area (Å²) in [5.41, 5.74) is 6.67. The minimum absolute atomic E-state index is 0.0769. The molecule has 0 saturated heterocycles. The van der Waals surface area contributed by atoms with E-state index in [0.29, 0.717) is 11.4 Å². The van der Waals surface area contributed by atoms with Crippen LogP contribution in [0.2, 0.25) is 5.02 Å². The molecule has 0 aliphatic heterocycles. The molecule has 0 heterocycles. The zero-order valence-corrected chi connectivity index (χ0v) is 9.35. The van der Waals surface area contributed by atoms with Crippen LogP contribution in [0.5, 0.6) is 0 Å². The second-order valence-corrected chi connectivity index (χ2v) is 4.11. The van der Waals surface area contributed by atoms with E-state index in [2.05, 4.69) is 15.9 Å². The summed E-state index contributed by atoms with van der Waals surface area (Å²) in [6.45, 7) is 0.0769. The Morgan fingerprint density at radius 2 is 2.23 bits per heavy atom. The van der Waals surface area contributed by atoms with Crippen LogP contribution in [-0.2, 0) is 0 Å². The van der Waals surface area contributed by atoms with Crippen molar-refractivity contribution in [1.82, 2.24) is 0 Å². The normalized spacial score (nSPS) is 12.9. The van der Waals surface area contributed by atoms with Crippen molar-refractivity contribution in [2.24, 2.45) is 5.73 Å². The van der Waals surface area contributed by atoms with E-state index in [1.54, 1.807) is 6.07 Å². The largest absolute Gasteiger partial charge is 0.396 e. The molecule has 0 aliphatic rings. The number of rotatable bonds is 3. The highest BCUT2D eigenvalue weighted by Crippen LogP contribution is 2.26. The molecule has 0 amide bonds. The summed E-state index contributed by atoms with van der Waals surface area (Å²) in [4.78, 5) is 0. The molecule has 1 rings (SSSR count). The van der Waals surface area contributed by atoms with E-state index >= 15 is 0 Å². The first kappa shape index (κ1) is 11.0. The Morgan fingerprint density at radius 1 is 1.54 bits per heavy atom. The van der Waals surface area contributed by atoms with E-state index in [9.17, 15) is 0 Å². The number of hydrogen-bond acceptors (Lipinski definition) is 2. The molecular weight excluding hydrogens is 253 g/mol. The first-order valence-corrected chi connectivity index (χ1v) is 5.13. The van der Waals surface area contributed by atoms with Crippen LogP contribution in [0.3, 0.4) is 0 Å². The highest BCUT2D eigenvalue weighted by atomic mass is 79.9. The van der Waals surface area contributed by atoms with Gasteiger partial charge in [-0.15, -0.1) is 0 Å². The monoisotopic (exact) mass is 263 g/mol. The van der Waals surface area contributed by atoms with Gasteiger partial charge in [-0.2, -0.15) is 0 Å². The zero-order valence-electron chi connectivity index (χ0n) is 7.00. The van der Waals surface area contributed by atoms with Gasteiger partial charge in [0, 0.05) is 22.1 Å². The molecule has 72 valence electrons. The van der Waals surface area contributed by atoms with Gasteiger partial charge in [0.05, 0.1) is 0 Å². The fourth-order valence-corrected chi connectivity index (χ4v) is 1.91. The van der Waals surface area contributed by atoms with E-state index in [1.165, 1.54) is 0 Å². The molecule has 0 unspecified atom stereocenters. The number of benzene rings is 1. The Balaban J connectivity index is 2.88. The lowest BCUT2D eigenvalue weighted by molar-refractivity contribution is 0.276. The highest BCUT2D eigenvalue weighted by molar-refractivity contribution is 9.10. The number of nitrogens with two attached hydrogens (primary N) is 1. The molecule has 1 aromatic rings. The van der Waals surface area contributed by atoms with Crippen molar-refractivity contribution < 1.29 is 5.11 Å². The van der Waals surface area contributed by atoms with Gasteiger partial charge in [0.2, 0.25) is 0 Å². The van der Waals surface area contributed by atoms with Crippen LogP contribution in [0.25, 0.3) is 0 Å². The average molecular weight is 265 g/mol. The SMILES string of the molecule is N[C@H](CCO)c1ccc(Br)cc1Cl. The van der Waals surface area contributed by atoms with Gasteiger partial charge in [-0.25, -0.2) is 0 Å². The summed E-state index contributed by atoms with van der Waals surface area (Å²) >= 11 is 9.28. The molecule has 2 nitrogen and oxygen atoms in total. The Labute approximate surface area is 90.8 Å². The van der Waals surface area contributed by atoms with Crippen LogP contribution in [0, 0.1) is 0 Å². The zero-order chi connectivity index (χ0) is 9.84. The van der Waals surface area contributed by atoms with Crippen molar-refractivity contribution in [2.45, 2.75) is 12.5 Å². The summed E-state index contributed by atoms with van der Waals surface area (Å²) < 4.78 is 0.928. The smallest absolute Gasteiger partial charge is 0.0464 e. The minimum atomic E-state index is -0.189. The minimum Gasteiger partial charge on any atom is -0.396 e. The second-order valence-electron chi connectivity index (χ2n) is 2.78. The van der Waals surface area contributed by atoms with Gasteiger partial charge in [-0.1, -0.05) is 33.6 Å². The molecule has 0 aliphatic carbocycles. The fourth-order valence-electron chi connectivity index (χ4n) is 1.10. The fraction of sp³-hybridized carbons (Fsp3) is 0.333. The highest BCUT2D eigenvalue weighted by Gasteiger charge is 2.09. The van der Waals surface area contributed by atoms with Gasteiger partial charge < -0.3 is 10.8 Å². The van der Waals surface area contributed by atoms with Crippen LogP contribution in [0.4, 0.5) is 0 Å². The Morgan fingerprint density at radius 3 is 2.77 bits per heavy atom. The molecule has 3 N–H and O–H groups in total. The Bertz CT molecular complexity index is 293.